The molecule has 4 heteroatoms. The Bertz CT molecular complexity index is 1050. The molecular weight excluding hydrogens is 340 g/mol. The van der Waals surface area contributed by atoms with Gasteiger partial charge in [0.1, 0.15) is 5.75 Å². The summed E-state index contributed by atoms with van der Waals surface area (Å²) in [6.45, 7) is 3.86. The molecule has 134 valence electrons. The summed E-state index contributed by atoms with van der Waals surface area (Å²) >= 11 is 0. The highest BCUT2D eigenvalue weighted by Crippen LogP contribution is 2.38. The van der Waals surface area contributed by atoms with Gasteiger partial charge in [-0.1, -0.05) is 48.5 Å². The topological polar surface area (TPSA) is 52.6 Å². The molecule has 0 saturated carbocycles. The SMILES string of the molecule is CC(C)Oc1ccccc1Oc1cccc2c1C(=O)c1ccccc1C2=O. The van der Waals surface area contributed by atoms with Gasteiger partial charge in [0.05, 0.1) is 11.7 Å². The van der Waals surface area contributed by atoms with Crippen molar-refractivity contribution in [2.24, 2.45) is 0 Å². The highest BCUT2D eigenvalue weighted by atomic mass is 16.5. The first-order valence-corrected chi connectivity index (χ1v) is 8.81. The number of para-hydroxylation sites is 2. The van der Waals surface area contributed by atoms with Crippen LogP contribution in [0.4, 0.5) is 0 Å². The maximum atomic E-state index is 13.1. The van der Waals surface area contributed by atoms with Crippen molar-refractivity contribution < 1.29 is 19.1 Å². The van der Waals surface area contributed by atoms with E-state index in [-0.39, 0.29) is 17.7 Å². The number of ketones is 2. The summed E-state index contributed by atoms with van der Waals surface area (Å²) in [6, 6.07) is 19.2. The molecule has 1 aliphatic carbocycles. The second-order valence-electron chi connectivity index (χ2n) is 6.60. The van der Waals surface area contributed by atoms with Gasteiger partial charge in [-0.25, -0.2) is 0 Å². The molecule has 27 heavy (non-hydrogen) atoms. The standard InChI is InChI=1S/C23H18O4/c1-14(2)26-18-11-5-6-12-19(18)27-20-13-7-10-17-21(20)23(25)16-9-4-3-8-15(16)22(17)24/h3-14H,1-2H3. The number of hydrogen-bond donors (Lipinski definition) is 0. The quantitative estimate of drug-likeness (QED) is 0.513. The van der Waals surface area contributed by atoms with E-state index in [0.717, 1.165) is 0 Å². The Labute approximate surface area is 157 Å². The van der Waals surface area contributed by atoms with Gasteiger partial charge in [0.2, 0.25) is 0 Å². The first kappa shape index (κ1) is 17.0. The highest BCUT2D eigenvalue weighted by Gasteiger charge is 2.32. The van der Waals surface area contributed by atoms with Crippen molar-refractivity contribution >= 4 is 11.6 Å². The number of hydrogen-bond acceptors (Lipinski definition) is 4. The summed E-state index contributed by atoms with van der Waals surface area (Å²) in [4.78, 5) is 25.9. The van der Waals surface area contributed by atoms with Gasteiger partial charge in [-0.05, 0) is 32.0 Å². The number of fused-ring (bicyclic) bond motifs is 2. The fourth-order valence-corrected chi connectivity index (χ4v) is 3.20. The smallest absolute Gasteiger partial charge is 0.198 e. The van der Waals surface area contributed by atoms with Gasteiger partial charge in [0, 0.05) is 16.7 Å². The third-order valence-electron chi connectivity index (χ3n) is 4.35. The van der Waals surface area contributed by atoms with Crippen LogP contribution in [0.2, 0.25) is 0 Å². The van der Waals surface area contributed by atoms with Crippen LogP contribution in [0, 0.1) is 0 Å². The Kier molecular flexibility index (Phi) is 4.24. The average molecular weight is 358 g/mol. The summed E-state index contributed by atoms with van der Waals surface area (Å²) in [6.07, 6.45) is -0.0190. The van der Waals surface area contributed by atoms with Crippen molar-refractivity contribution in [3.8, 4) is 17.2 Å². The number of carbonyl (C=O) groups is 2. The molecule has 0 radical (unpaired) electrons. The van der Waals surface area contributed by atoms with Crippen LogP contribution in [-0.2, 0) is 0 Å². The summed E-state index contributed by atoms with van der Waals surface area (Å²) in [5.41, 5.74) is 1.48. The van der Waals surface area contributed by atoms with Gasteiger partial charge in [0.25, 0.3) is 0 Å². The molecule has 3 aromatic carbocycles. The predicted molar refractivity (Wildman–Crippen MR) is 102 cm³/mol. The first-order valence-electron chi connectivity index (χ1n) is 8.81. The van der Waals surface area contributed by atoms with Crippen molar-refractivity contribution in [2.45, 2.75) is 20.0 Å². The van der Waals surface area contributed by atoms with Gasteiger partial charge in [-0.15, -0.1) is 0 Å². The van der Waals surface area contributed by atoms with Crippen molar-refractivity contribution in [3.05, 3.63) is 89.0 Å². The molecule has 4 nitrogen and oxygen atoms in total. The van der Waals surface area contributed by atoms with E-state index in [2.05, 4.69) is 0 Å². The van der Waals surface area contributed by atoms with Crippen LogP contribution in [0.5, 0.6) is 17.2 Å². The van der Waals surface area contributed by atoms with Crippen LogP contribution >= 0.6 is 0 Å². The molecule has 0 aliphatic heterocycles. The van der Waals surface area contributed by atoms with Crippen molar-refractivity contribution in [1.29, 1.82) is 0 Å². The lowest BCUT2D eigenvalue weighted by Gasteiger charge is -2.21. The van der Waals surface area contributed by atoms with E-state index < -0.39 is 0 Å². The largest absolute Gasteiger partial charge is 0.487 e. The zero-order chi connectivity index (χ0) is 19.0. The van der Waals surface area contributed by atoms with Crippen LogP contribution in [0.3, 0.4) is 0 Å². The van der Waals surface area contributed by atoms with E-state index in [1.165, 1.54) is 0 Å². The zero-order valence-corrected chi connectivity index (χ0v) is 15.1. The van der Waals surface area contributed by atoms with Crippen LogP contribution in [-0.4, -0.2) is 17.7 Å². The molecule has 0 fully saturated rings. The van der Waals surface area contributed by atoms with E-state index in [1.54, 1.807) is 48.5 Å². The molecule has 0 spiro atoms. The van der Waals surface area contributed by atoms with Gasteiger partial charge >= 0.3 is 0 Å². The number of rotatable bonds is 4. The monoisotopic (exact) mass is 358 g/mol. The fourth-order valence-electron chi connectivity index (χ4n) is 3.20. The molecular formula is C23H18O4. The van der Waals surface area contributed by atoms with Gasteiger partial charge in [-0.2, -0.15) is 0 Å². The van der Waals surface area contributed by atoms with E-state index >= 15 is 0 Å². The Morgan fingerprint density at radius 2 is 1.19 bits per heavy atom. The highest BCUT2D eigenvalue weighted by molar-refractivity contribution is 6.29. The molecule has 0 heterocycles. The third kappa shape index (κ3) is 2.99. The summed E-state index contributed by atoms with van der Waals surface area (Å²) in [5, 5.41) is 0. The molecule has 0 atom stereocenters. The third-order valence-corrected chi connectivity index (χ3v) is 4.35. The molecule has 0 N–H and O–H groups in total. The van der Waals surface area contributed by atoms with E-state index in [4.69, 9.17) is 9.47 Å². The molecule has 3 aromatic rings. The second-order valence-corrected chi connectivity index (χ2v) is 6.60. The van der Waals surface area contributed by atoms with E-state index in [0.29, 0.717) is 39.5 Å². The minimum absolute atomic E-state index is 0.0190. The zero-order valence-electron chi connectivity index (χ0n) is 15.1. The Morgan fingerprint density at radius 3 is 1.89 bits per heavy atom. The number of ether oxygens (including phenoxy) is 2. The van der Waals surface area contributed by atoms with Crippen molar-refractivity contribution in [2.75, 3.05) is 0 Å². The van der Waals surface area contributed by atoms with Crippen molar-refractivity contribution in [1.82, 2.24) is 0 Å². The van der Waals surface area contributed by atoms with Crippen LogP contribution in [0.1, 0.15) is 45.7 Å². The fraction of sp³-hybridized carbons (Fsp3) is 0.130. The Hall–Kier alpha value is -3.40. The van der Waals surface area contributed by atoms with Crippen LogP contribution in [0.15, 0.2) is 66.7 Å². The Morgan fingerprint density at radius 1 is 0.630 bits per heavy atom. The van der Waals surface area contributed by atoms with Gasteiger partial charge in [0.15, 0.2) is 23.1 Å². The van der Waals surface area contributed by atoms with E-state index in [1.807, 2.05) is 32.0 Å². The normalized spacial score (nSPS) is 12.6. The van der Waals surface area contributed by atoms with Crippen LogP contribution < -0.4 is 9.47 Å². The number of carbonyl (C=O) groups excluding carboxylic acids is 2. The van der Waals surface area contributed by atoms with Gasteiger partial charge in [-0.3, -0.25) is 9.59 Å². The molecule has 0 saturated heterocycles. The lowest BCUT2D eigenvalue weighted by molar-refractivity contribution is 0.0977. The van der Waals surface area contributed by atoms with Gasteiger partial charge < -0.3 is 9.47 Å². The van der Waals surface area contributed by atoms with Crippen LogP contribution in [0.25, 0.3) is 0 Å². The number of benzene rings is 3. The molecule has 1 aliphatic rings. The Balaban J connectivity index is 1.80. The summed E-state index contributed by atoms with van der Waals surface area (Å²) in [5.74, 6) is 1.05. The molecule has 0 aromatic heterocycles. The lowest BCUT2D eigenvalue weighted by Crippen LogP contribution is -2.21. The summed E-state index contributed by atoms with van der Waals surface area (Å²) < 4.78 is 11.8. The second kappa shape index (κ2) is 6.72. The molecule has 0 unspecified atom stereocenters. The summed E-state index contributed by atoms with van der Waals surface area (Å²) in [7, 11) is 0. The minimum atomic E-state index is -0.210. The lowest BCUT2D eigenvalue weighted by atomic mass is 9.83. The molecule has 0 amide bonds. The maximum absolute atomic E-state index is 13.1. The average Bonchev–Trinajstić information content (AvgIpc) is 2.67. The maximum Gasteiger partial charge on any atom is 0.198 e. The van der Waals surface area contributed by atoms with Crippen molar-refractivity contribution in [3.63, 3.8) is 0 Å². The minimum Gasteiger partial charge on any atom is -0.487 e. The van der Waals surface area contributed by atoms with E-state index in [9.17, 15) is 9.59 Å². The predicted octanol–water partition coefficient (Wildman–Crippen LogP) is 5.04. The molecule has 4 rings (SSSR count). The molecule has 0 bridgehead atoms. The first-order chi connectivity index (χ1) is 13.1.